The fraction of sp³-hybridized carbons (Fsp3) is 0.333. The zero-order chi connectivity index (χ0) is 14.5. The van der Waals surface area contributed by atoms with Crippen LogP contribution in [-0.2, 0) is 9.47 Å². The summed E-state index contributed by atoms with van der Waals surface area (Å²) < 4.78 is 9.68. The minimum Gasteiger partial charge on any atom is -0.461 e. The van der Waals surface area contributed by atoms with Crippen LogP contribution in [-0.4, -0.2) is 45.1 Å². The normalized spacial score (nSPS) is 10.3. The van der Waals surface area contributed by atoms with Crippen molar-refractivity contribution < 1.29 is 19.1 Å². The standard InChI is InChI=1S/C12H14N4O4/c1-3-19-11(17)7-5-13-9(15-7)10-14-6-8(16-10)12(18)20-4-2/h5-6H,3-4H2,1-2H3,(H,13,15)(H,14,16). The summed E-state index contributed by atoms with van der Waals surface area (Å²) in [5.74, 6) is -0.320. The zero-order valence-corrected chi connectivity index (χ0v) is 11.1. The fourth-order valence-corrected chi connectivity index (χ4v) is 1.51. The molecule has 0 fully saturated rings. The molecule has 0 aliphatic rings. The Kier molecular flexibility index (Phi) is 4.14. The van der Waals surface area contributed by atoms with Gasteiger partial charge in [0.2, 0.25) is 0 Å². The molecule has 0 amide bonds. The highest BCUT2D eigenvalue weighted by Gasteiger charge is 2.15. The first-order valence-corrected chi connectivity index (χ1v) is 6.10. The number of carbonyl (C=O) groups excluding carboxylic acids is 2. The quantitative estimate of drug-likeness (QED) is 0.794. The predicted octanol–water partition coefficient (Wildman–Crippen LogP) is 1.15. The van der Waals surface area contributed by atoms with Crippen LogP contribution in [0.5, 0.6) is 0 Å². The number of hydrogen-bond donors (Lipinski definition) is 2. The highest BCUT2D eigenvalue weighted by Crippen LogP contribution is 2.13. The van der Waals surface area contributed by atoms with Crippen LogP contribution in [0.15, 0.2) is 12.4 Å². The molecule has 8 nitrogen and oxygen atoms in total. The van der Waals surface area contributed by atoms with Crippen LogP contribution in [0.3, 0.4) is 0 Å². The van der Waals surface area contributed by atoms with Gasteiger partial charge >= 0.3 is 11.9 Å². The predicted molar refractivity (Wildman–Crippen MR) is 68.1 cm³/mol. The molecule has 0 spiro atoms. The number of imidazole rings is 2. The fourth-order valence-electron chi connectivity index (χ4n) is 1.51. The Hall–Kier alpha value is -2.64. The molecule has 0 aliphatic carbocycles. The van der Waals surface area contributed by atoms with Gasteiger partial charge in [0.15, 0.2) is 11.6 Å². The third kappa shape index (κ3) is 2.85. The Morgan fingerprint density at radius 1 is 0.950 bits per heavy atom. The maximum atomic E-state index is 11.5. The number of ether oxygens (including phenoxy) is 2. The van der Waals surface area contributed by atoms with Crippen molar-refractivity contribution in [3.63, 3.8) is 0 Å². The zero-order valence-electron chi connectivity index (χ0n) is 11.1. The minimum atomic E-state index is -0.497. The molecule has 0 bridgehead atoms. The van der Waals surface area contributed by atoms with Gasteiger partial charge in [0.25, 0.3) is 0 Å². The lowest BCUT2D eigenvalue weighted by Gasteiger charge is -1.97. The lowest BCUT2D eigenvalue weighted by atomic mass is 10.5. The van der Waals surface area contributed by atoms with Gasteiger partial charge in [-0.05, 0) is 13.8 Å². The molecule has 2 N–H and O–H groups in total. The van der Waals surface area contributed by atoms with Crippen LogP contribution in [0.4, 0.5) is 0 Å². The molecule has 0 atom stereocenters. The monoisotopic (exact) mass is 278 g/mol. The first-order valence-electron chi connectivity index (χ1n) is 6.10. The van der Waals surface area contributed by atoms with E-state index in [1.54, 1.807) is 13.8 Å². The Bertz CT molecular complexity index is 562. The van der Waals surface area contributed by atoms with Crippen molar-refractivity contribution in [1.29, 1.82) is 0 Å². The third-order valence-corrected chi connectivity index (χ3v) is 2.37. The number of nitrogens with one attached hydrogen (secondary N) is 2. The molecule has 0 saturated carbocycles. The molecule has 0 aliphatic heterocycles. The van der Waals surface area contributed by atoms with Crippen molar-refractivity contribution >= 4 is 11.9 Å². The molecule has 0 unspecified atom stereocenters. The van der Waals surface area contributed by atoms with Gasteiger partial charge in [0, 0.05) is 0 Å². The van der Waals surface area contributed by atoms with E-state index in [1.165, 1.54) is 12.4 Å². The second kappa shape index (κ2) is 6.00. The lowest BCUT2D eigenvalue weighted by molar-refractivity contribution is 0.0510. The topological polar surface area (TPSA) is 110 Å². The van der Waals surface area contributed by atoms with Crippen LogP contribution in [0, 0.1) is 0 Å². The number of aromatic amines is 2. The van der Waals surface area contributed by atoms with Gasteiger partial charge in [-0.25, -0.2) is 19.6 Å². The molecule has 8 heteroatoms. The lowest BCUT2D eigenvalue weighted by Crippen LogP contribution is -2.05. The number of carbonyl (C=O) groups is 2. The average Bonchev–Trinajstić information content (AvgIpc) is 3.08. The van der Waals surface area contributed by atoms with Gasteiger partial charge < -0.3 is 19.4 Å². The van der Waals surface area contributed by atoms with E-state index in [-0.39, 0.29) is 24.6 Å². The highest BCUT2D eigenvalue weighted by atomic mass is 16.5. The molecule has 0 saturated heterocycles. The average molecular weight is 278 g/mol. The summed E-state index contributed by atoms with van der Waals surface area (Å²) >= 11 is 0. The summed E-state index contributed by atoms with van der Waals surface area (Å²) in [6.45, 7) is 3.99. The molecule has 2 rings (SSSR count). The number of aromatic nitrogens is 4. The van der Waals surface area contributed by atoms with Crippen LogP contribution >= 0.6 is 0 Å². The summed E-state index contributed by atoms with van der Waals surface area (Å²) in [6, 6.07) is 0. The van der Waals surface area contributed by atoms with Crippen molar-refractivity contribution in [2.45, 2.75) is 13.8 Å². The van der Waals surface area contributed by atoms with Crippen LogP contribution in [0.1, 0.15) is 34.8 Å². The molecule has 0 aromatic carbocycles. The van der Waals surface area contributed by atoms with Gasteiger partial charge in [-0.3, -0.25) is 0 Å². The summed E-state index contributed by atoms with van der Waals surface area (Å²) in [5, 5.41) is 0. The smallest absolute Gasteiger partial charge is 0.356 e. The van der Waals surface area contributed by atoms with Gasteiger partial charge in [0.05, 0.1) is 25.6 Å². The first kappa shape index (κ1) is 13.8. The molecule has 2 heterocycles. The molecule has 2 aromatic heterocycles. The van der Waals surface area contributed by atoms with E-state index in [0.717, 1.165) is 0 Å². The maximum absolute atomic E-state index is 11.5. The molecule has 0 radical (unpaired) electrons. The van der Waals surface area contributed by atoms with E-state index in [1.807, 2.05) is 0 Å². The summed E-state index contributed by atoms with van der Waals surface area (Å²) in [7, 11) is 0. The molecule has 20 heavy (non-hydrogen) atoms. The Labute approximate surface area is 114 Å². The molecule has 2 aromatic rings. The van der Waals surface area contributed by atoms with Gasteiger partial charge in [-0.15, -0.1) is 0 Å². The number of hydrogen-bond acceptors (Lipinski definition) is 6. The molecular formula is C12H14N4O4. The van der Waals surface area contributed by atoms with Gasteiger partial charge in [0.1, 0.15) is 11.4 Å². The van der Waals surface area contributed by atoms with E-state index in [4.69, 9.17) is 9.47 Å². The Morgan fingerprint density at radius 3 is 1.70 bits per heavy atom. The van der Waals surface area contributed by atoms with Gasteiger partial charge in [-0.1, -0.05) is 0 Å². The largest absolute Gasteiger partial charge is 0.461 e. The van der Waals surface area contributed by atoms with E-state index < -0.39 is 11.9 Å². The number of H-pyrrole nitrogens is 2. The Balaban J connectivity index is 2.16. The Morgan fingerprint density at radius 2 is 1.35 bits per heavy atom. The van der Waals surface area contributed by atoms with E-state index in [0.29, 0.717) is 11.6 Å². The first-order chi connectivity index (χ1) is 9.65. The van der Waals surface area contributed by atoms with Crippen molar-refractivity contribution in [2.75, 3.05) is 13.2 Å². The second-order valence-corrected chi connectivity index (χ2v) is 3.73. The van der Waals surface area contributed by atoms with Crippen molar-refractivity contribution in [2.24, 2.45) is 0 Å². The molecule has 106 valence electrons. The van der Waals surface area contributed by atoms with Crippen LogP contribution in [0.2, 0.25) is 0 Å². The highest BCUT2D eigenvalue weighted by molar-refractivity contribution is 5.88. The number of rotatable bonds is 5. The van der Waals surface area contributed by atoms with E-state index in [2.05, 4.69) is 19.9 Å². The summed E-state index contributed by atoms with van der Waals surface area (Å²) in [6.07, 6.45) is 2.69. The second-order valence-electron chi connectivity index (χ2n) is 3.73. The number of esters is 2. The molecular weight excluding hydrogens is 264 g/mol. The maximum Gasteiger partial charge on any atom is 0.356 e. The summed E-state index contributed by atoms with van der Waals surface area (Å²) in [5.41, 5.74) is 0.437. The SMILES string of the molecule is CCOC(=O)c1cnc(-c2ncc(C(=O)OCC)[nH]2)[nH]1. The van der Waals surface area contributed by atoms with Crippen molar-refractivity contribution in [3.05, 3.63) is 23.8 Å². The van der Waals surface area contributed by atoms with Gasteiger partial charge in [-0.2, -0.15) is 0 Å². The minimum absolute atomic E-state index is 0.218. The third-order valence-electron chi connectivity index (χ3n) is 2.37. The van der Waals surface area contributed by atoms with Crippen LogP contribution < -0.4 is 0 Å². The van der Waals surface area contributed by atoms with Crippen molar-refractivity contribution in [3.8, 4) is 11.6 Å². The van der Waals surface area contributed by atoms with Crippen LogP contribution in [0.25, 0.3) is 11.6 Å². The summed E-state index contributed by atoms with van der Waals surface area (Å²) in [4.78, 5) is 36.5. The van der Waals surface area contributed by atoms with E-state index >= 15 is 0 Å². The van der Waals surface area contributed by atoms with Crippen molar-refractivity contribution in [1.82, 2.24) is 19.9 Å². The number of nitrogens with zero attached hydrogens (tertiary/aromatic N) is 2. The van der Waals surface area contributed by atoms with E-state index in [9.17, 15) is 9.59 Å².